The highest BCUT2D eigenvalue weighted by atomic mass is 16.6. The molecule has 0 spiro atoms. The van der Waals surface area contributed by atoms with E-state index in [1.165, 1.54) is 0 Å². The molecule has 15 nitrogen and oxygen atoms in total. The van der Waals surface area contributed by atoms with Crippen molar-refractivity contribution in [2.24, 2.45) is 0 Å². The van der Waals surface area contributed by atoms with E-state index >= 15 is 0 Å². The first-order valence-corrected chi connectivity index (χ1v) is 17.8. The van der Waals surface area contributed by atoms with E-state index in [9.17, 15) is 38.4 Å². The summed E-state index contributed by atoms with van der Waals surface area (Å²) in [5.41, 5.74) is 6.52. The Labute approximate surface area is 352 Å². The smallest absolute Gasteiger partial charge is 0.346 e. The highest BCUT2D eigenvalue weighted by molar-refractivity contribution is 6.15. The first-order valence-electron chi connectivity index (χ1n) is 17.8. The van der Waals surface area contributed by atoms with E-state index in [1.807, 2.05) is 24.3 Å². The number of carboxylic acids is 3. The molecule has 2 heterocycles. The third kappa shape index (κ3) is 18.0. The zero-order valence-electron chi connectivity index (χ0n) is 33.9. The van der Waals surface area contributed by atoms with Gasteiger partial charge in [0.1, 0.15) is 12.7 Å². The van der Waals surface area contributed by atoms with Gasteiger partial charge >= 0.3 is 41.8 Å². The fourth-order valence-corrected chi connectivity index (χ4v) is 4.69. The van der Waals surface area contributed by atoms with Crippen LogP contribution in [0.5, 0.6) is 0 Å². The summed E-state index contributed by atoms with van der Waals surface area (Å²) in [6.45, 7) is 25.4. The molecule has 3 aromatic carbocycles. The fourth-order valence-electron chi connectivity index (χ4n) is 4.69. The van der Waals surface area contributed by atoms with Crippen LogP contribution in [0.2, 0.25) is 0 Å². The summed E-state index contributed by atoms with van der Waals surface area (Å²) in [4.78, 5) is 84.9. The Kier molecular flexibility index (Phi) is 21.3. The Morgan fingerprint density at radius 1 is 0.738 bits per heavy atom. The minimum atomic E-state index is -0.981. The number of carboxylic acid groups (broad SMARTS) is 3. The average Bonchev–Trinajstić information content (AvgIpc) is 3.84. The molecule has 3 aromatic rings. The first-order chi connectivity index (χ1) is 28.6. The second kappa shape index (κ2) is 25.4. The van der Waals surface area contributed by atoms with Crippen LogP contribution in [-0.2, 0) is 44.7 Å². The van der Waals surface area contributed by atoms with E-state index in [4.69, 9.17) is 24.8 Å². The van der Waals surface area contributed by atoms with Crippen LogP contribution in [0.4, 0.5) is 0 Å². The highest BCUT2D eigenvalue weighted by Gasteiger charge is 2.32. The molecular formula is C46H46O15. The van der Waals surface area contributed by atoms with Crippen molar-refractivity contribution in [2.75, 3.05) is 6.61 Å². The standard InChI is InChI=1S/C13H12O3.C10H6O3.C10H8O2.C5H8O3.C5H8O2.C3H4O2/c1-8(2)13(15)16-12-7-11(14)9-5-3-4-6-10(9)12;1-2-6-3-4-7-8(5-6)10(12)13-9(7)11;1-2-7-3-4-8-6-12-10(11)9(8)5-7;1-4(2)8-3-5(6)7;1-4(2)3-5(6)7;1-2-3(4)5/h3-6,12H,1,7H2,2H3;2-5H,1H2;2-5H,1,6H2;1,3H2,2H3,(H,6,7);1,3H2,2H3,(H,6,7);2H,1H2,(H,4,5). The summed E-state index contributed by atoms with van der Waals surface area (Å²) < 4.78 is 19.0. The number of esters is 4. The molecule has 2 aliphatic heterocycles. The van der Waals surface area contributed by atoms with Gasteiger partial charge in [0, 0.05) is 28.3 Å². The number of Topliss-reactive ketones (excluding diaryl/α,β-unsaturated/α-hetero) is 1. The van der Waals surface area contributed by atoms with E-state index in [-0.39, 0.29) is 31.2 Å². The predicted molar refractivity (Wildman–Crippen MR) is 224 cm³/mol. The number of aliphatic carboxylic acids is 3. The van der Waals surface area contributed by atoms with Crippen LogP contribution < -0.4 is 0 Å². The number of ether oxygens (including phenoxy) is 4. The summed E-state index contributed by atoms with van der Waals surface area (Å²) in [6, 6.07) is 17.7. The van der Waals surface area contributed by atoms with Gasteiger partial charge < -0.3 is 34.3 Å². The Balaban J connectivity index is 0.000000381. The molecule has 0 fully saturated rings. The topological polar surface area (TPSA) is 234 Å². The zero-order valence-corrected chi connectivity index (χ0v) is 33.9. The lowest BCUT2D eigenvalue weighted by Crippen LogP contribution is -2.09. The average molecular weight is 839 g/mol. The fraction of sp³-hybridized carbons (Fsp3) is 0.174. The number of fused-ring (bicyclic) bond motifs is 3. The van der Waals surface area contributed by atoms with Crippen molar-refractivity contribution in [3.63, 3.8) is 0 Å². The molecular weight excluding hydrogens is 792 g/mol. The molecule has 61 heavy (non-hydrogen) atoms. The Hall–Kier alpha value is -7.94. The van der Waals surface area contributed by atoms with Gasteiger partial charge in [-0.3, -0.25) is 9.59 Å². The van der Waals surface area contributed by atoms with Crippen molar-refractivity contribution in [2.45, 2.75) is 46.3 Å². The van der Waals surface area contributed by atoms with Gasteiger partial charge in [-0.15, -0.1) is 0 Å². The monoisotopic (exact) mass is 838 g/mol. The second-order valence-electron chi connectivity index (χ2n) is 12.7. The van der Waals surface area contributed by atoms with E-state index in [1.54, 1.807) is 69.3 Å². The van der Waals surface area contributed by atoms with E-state index in [0.717, 1.165) is 28.3 Å². The molecule has 0 amide bonds. The van der Waals surface area contributed by atoms with Crippen molar-refractivity contribution in [3.8, 4) is 0 Å². The lowest BCUT2D eigenvalue weighted by Gasteiger charge is -2.12. The zero-order chi connectivity index (χ0) is 46.4. The van der Waals surface area contributed by atoms with Crippen LogP contribution in [0.1, 0.15) is 103 Å². The van der Waals surface area contributed by atoms with Crippen LogP contribution >= 0.6 is 0 Å². The Morgan fingerprint density at radius 2 is 1.30 bits per heavy atom. The molecule has 15 heteroatoms. The number of ketones is 1. The predicted octanol–water partition coefficient (Wildman–Crippen LogP) is 7.99. The van der Waals surface area contributed by atoms with Crippen LogP contribution in [-0.4, -0.2) is 69.5 Å². The van der Waals surface area contributed by atoms with Crippen molar-refractivity contribution in [1.82, 2.24) is 0 Å². The number of cyclic esters (lactones) is 3. The third-order valence-electron chi connectivity index (χ3n) is 7.50. The minimum absolute atomic E-state index is 0.0233. The van der Waals surface area contributed by atoms with Gasteiger partial charge in [-0.2, -0.15) is 0 Å². The summed E-state index contributed by atoms with van der Waals surface area (Å²) in [7, 11) is 0. The number of hydrogen-bond acceptors (Lipinski definition) is 12. The molecule has 3 aliphatic rings. The maximum Gasteiger partial charge on any atom is 0.346 e. The molecule has 0 saturated heterocycles. The van der Waals surface area contributed by atoms with Crippen LogP contribution in [0.3, 0.4) is 0 Å². The maximum absolute atomic E-state index is 11.6. The second-order valence-corrected chi connectivity index (χ2v) is 12.7. The Bertz CT molecular complexity index is 2220. The van der Waals surface area contributed by atoms with Crippen LogP contribution in [0, 0.1) is 0 Å². The van der Waals surface area contributed by atoms with Crippen molar-refractivity contribution in [3.05, 3.63) is 168 Å². The third-order valence-corrected chi connectivity index (χ3v) is 7.50. The molecule has 320 valence electrons. The number of benzene rings is 3. The Morgan fingerprint density at radius 3 is 1.77 bits per heavy atom. The largest absolute Gasteiger partial charge is 0.487 e. The molecule has 6 rings (SSSR count). The normalized spacial score (nSPS) is 12.9. The molecule has 1 aliphatic carbocycles. The minimum Gasteiger partial charge on any atom is -0.487 e. The number of allylic oxidation sites excluding steroid dienone is 1. The molecule has 0 saturated carbocycles. The van der Waals surface area contributed by atoms with Crippen LogP contribution in [0.15, 0.2) is 123 Å². The van der Waals surface area contributed by atoms with Gasteiger partial charge in [-0.05, 0) is 50.1 Å². The van der Waals surface area contributed by atoms with Crippen molar-refractivity contribution >= 4 is 59.7 Å². The lowest BCUT2D eigenvalue weighted by molar-refractivity contribution is -0.144. The van der Waals surface area contributed by atoms with Gasteiger partial charge in [0.05, 0.1) is 35.3 Å². The quantitative estimate of drug-likeness (QED) is 0.0438. The molecule has 0 bridgehead atoms. The first kappa shape index (κ1) is 51.1. The van der Waals surface area contributed by atoms with Gasteiger partial charge in [0.25, 0.3) is 0 Å². The molecule has 1 unspecified atom stereocenters. The van der Waals surface area contributed by atoms with E-state index in [2.05, 4.69) is 48.9 Å². The van der Waals surface area contributed by atoms with E-state index in [0.29, 0.717) is 45.8 Å². The number of rotatable bonds is 10. The number of hydrogen-bond donors (Lipinski definition) is 3. The van der Waals surface area contributed by atoms with Gasteiger partial charge in [0.2, 0.25) is 0 Å². The summed E-state index contributed by atoms with van der Waals surface area (Å²) >= 11 is 0. The maximum atomic E-state index is 11.6. The molecule has 0 radical (unpaired) electrons. The summed E-state index contributed by atoms with van der Waals surface area (Å²) in [6.07, 6.45) is 4.02. The van der Waals surface area contributed by atoms with Crippen LogP contribution in [0.25, 0.3) is 12.2 Å². The van der Waals surface area contributed by atoms with Crippen molar-refractivity contribution < 1.29 is 72.6 Å². The summed E-state index contributed by atoms with van der Waals surface area (Å²) in [5, 5.41) is 23.6. The van der Waals surface area contributed by atoms with E-state index < -0.39 is 41.9 Å². The summed E-state index contributed by atoms with van der Waals surface area (Å²) in [5.74, 6) is -4.16. The van der Waals surface area contributed by atoms with Gasteiger partial charge in [0.15, 0.2) is 12.4 Å². The molecule has 0 aromatic heterocycles. The molecule has 3 N–H and O–H groups in total. The number of carbonyl (C=O) groups is 8. The highest BCUT2D eigenvalue weighted by Crippen LogP contribution is 2.34. The van der Waals surface area contributed by atoms with Gasteiger partial charge in [-0.25, -0.2) is 28.8 Å². The number of carbonyl (C=O) groups excluding carboxylic acids is 5. The van der Waals surface area contributed by atoms with Crippen molar-refractivity contribution in [1.29, 1.82) is 0 Å². The SMILES string of the molecule is C=C(C)C(=O)OC1CC(=O)c2ccccc21.C=C(C)CC(=O)O.C=C(C)OCC(=O)O.C=CC(=O)O.C=Cc1ccc2c(c1)C(=O)OC2.C=Cc1ccc2c(c1)C(=O)OC2=O. The lowest BCUT2D eigenvalue weighted by atomic mass is 10.1. The molecule has 1 atom stereocenters. The van der Waals surface area contributed by atoms with Gasteiger partial charge in [-0.1, -0.05) is 99.7 Å².